The molecule has 15 heavy (non-hydrogen) atoms. The molecule has 0 aromatic carbocycles. The maximum Gasteiger partial charge on any atom is 0.261 e. The van der Waals surface area contributed by atoms with Crippen LogP contribution in [0.3, 0.4) is 0 Å². The molecule has 0 saturated heterocycles. The van der Waals surface area contributed by atoms with Gasteiger partial charge in [0.25, 0.3) is 5.91 Å². The predicted molar refractivity (Wildman–Crippen MR) is 70.3 cm³/mol. The van der Waals surface area contributed by atoms with Gasteiger partial charge in [-0.1, -0.05) is 12.2 Å². The third-order valence-corrected chi connectivity index (χ3v) is 3.47. The lowest BCUT2D eigenvalue weighted by molar-refractivity contribution is 0.0945. The first kappa shape index (κ1) is 12.6. The third kappa shape index (κ3) is 4.27. The number of thiophene rings is 1. The predicted octanol–water partition coefficient (Wildman–Crippen LogP) is 2.31. The third-order valence-electron chi connectivity index (χ3n) is 1.68. The van der Waals surface area contributed by atoms with Gasteiger partial charge in [0, 0.05) is 12.5 Å². The van der Waals surface area contributed by atoms with E-state index in [1.165, 1.54) is 11.3 Å². The van der Waals surface area contributed by atoms with E-state index < -0.39 is 0 Å². The molecule has 0 aliphatic carbocycles. The monoisotopic (exact) mass is 306 g/mol. The zero-order chi connectivity index (χ0) is 11.4. The molecule has 0 aliphatic heterocycles. The number of carbonyl (C=O) groups excluding carboxylic acids is 1. The highest BCUT2D eigenvalue weighted by Gasteiger charge is 2.12. The molecule has 1 heterocycles. The van der Waals surface area contributed by atoms with Gasteiger partial charge >= 0.3 is 0 Å². The van der Waals surface area contributed by atoms with Gasteiger partial charge in [-0.2, -0.15) is 0 Å². The number of nitrogens with one attached hydrogen (secondary N) is 1. The summed E-state index contributed by atoms with van der Waals surface area (Å²) >= 11 is 9.47. The molecule has 1 amide bonds. The Kier molecular flexibility index (Phi) is 4.69. The van der Waals surface area contributed by atoms with Crippen LogP contribution in [0.5, 0.6) is 0 Å². The average Bonchev–Trinajstić information content (AvgIpc) is 2.49. The van der Waals surface area contributed by atoms with Gasteiger partial charge in [0.05, 0.1) is 13.7 Å². The lowest BCUT2D eigenvalue weighted by Crippen LogP contribution is -2.34. The molecule has 1 aromatic rings. The fraction of sp³-hybridized carbons (Fsp3) is 0.333. The molecule has 1 unspecified atom stereocenters. The van der Waals surface area contributed by atoms with E-state index in [0.717, 1.165) is 3.79 Å². The summed E-state index contributed by atoms with van der Waals surface area (Å²) in [5.41, 5.74) is 5.39. The summed E-state index contributed by atoms with van der Waals surface area (Å²) in [6.07, 6.45) is 0.521. The molecule has 0 radical (unpaired) electrons. The average molecular weight is 307 g/mol. The fourth-order valence-electron chi connectivity index (χ4n) is 1.08. The van der Waals surface area contributed by atoms with Crippen LogP contribution in [0.1, 0.15) is 23.0 Å². The normalized spacial score (nSPS) is 12.1. The quantitative estimate of drug-likeness (QED) is 0.839. The Morgan fingerprint density at radius 1 is 1.73 bits per heavy atom. The Bertz CT molecular complexity index is 378. The van der Waals surface area contributed by atoms with Crippen molar-refractivity contribution in [2.24, 2.45) is 5.73 Å². The lowest BCUT2D eigenvalue weighted by atomic mass is 10.2. The van der Waals surface area contributed by atoms with E-state index in [9.17, 15) is 4.79 Å². The summed E-state index contributed by atoms with van der Waals surface area (Å²) in [6.45, 7) is 1.87. The number of amides is 1. The minimum atomic E-state index is -0.0885. The van der Waals surface area contributed by atoms with E-state index in [1.54, 1.807) is 6.07 Å². The molecule has 6 heteroatoms. The van der Waals surface area contributed by atoms with E-state index in [1.807, 2.05) is 13.0 Å². The second-order valence-electron chi connectivity index (χ2n) is 3.15. The Labute approximate surface area is 106 Å². The van der Waals surface area contributed by atoms with E-state index in [2.05, 4.69) is 21.2 Å². The zero-order valence-electron chi connectivity index (χ0n) is 8.12. The van der Waals surface area contributed by atoms with E-state index >= 15 is 0 Å². The zero-order valence-corrected chi connectivity index (χ0v) is 11.3. The first-order valence-electron chi connectivity index (χ1n) is 4.33. The highest BCUT2D eigenvalue weighted by Crippen LogP contribution is 2.21. The number of hydrogen-bond donors (Lipinski definition) is 2. The summed E-state index contributed by atoms with van der Waals surface area (Å²) in [4.78, 5) is 12.7. The minimum Gasteiger partial charge on any atom is -0.393 e. The van der Waals surface area contributed by atoms with Crippen molar-refractivity contribution in [3.05, 3.63) is 20.8 Å². The van der Waals surface area contributed by atoms with Gasteiger partial charge in [-0.15, -0.1) is 11.3 Å². The standard InChI is InChI=1S/C9H11BrN2OS2/c1-5(4-8(11)14)12-9(13)6-2-3-7(10)15-6/h2-3,5H,4H2,1H3,(H2,11,14)(H,12,13). The summed E-state index contributed by atoms with van der Waals surface area (Å²) < 4.78 is 0.939. The van der Waals surface area contributed by atoms with Crippen molar-refractivity contribution < 1.29 is 4.79 Å². The molecule has 3 nitrogen and oxygen atoms in total. The molecule has 1 aromatic heterocycles. The molecule has 0 spiro atoms. The van der Waals surface area contributed by atoms with Crippen molar-refractivity contribution in [1.82, 2.24) is 5.32 Å². The van der Waals surface area contributed by atoms with Gasteiger partial charge in [0.15, 0.2) is 0 Å². The second-order valence-corrected chi connectivity index (χ2v) is 6.14. The molecule has 1 rings (SSSR count). The molecule has 1 atom stereocenters. The van der Waals surface area contributed by atoms with Gasteiger partial charge in [-0.25, -0.2) is 0 Å². The molecule has 82 valence electrons. The molecule has 0 bridgehead atoms. The van der Waals surface area contributed by atoms with Crippen molar-refractivity contribution >= 4 is 50.4 Å². The van der Waals surface area contributed by atoms with Crippen molar-refractivity contribution in [2.45, 2.75) is 19.4 Å². The van der Waals surface area contributed by atoms with E-state index in [4.69, 9.17) is 18.0 Å². The van der Waals surface area contributed by atoms with Crippen LogP contribution in [-0.2, 0) is 0 Å². The molecular weight excluding hydrogens is 296 g/mol. The van der Waals surface area contributed by atoms with Crippen LogP contribution in [0.4, 0.5) is 0 Å². The summed E-state index contributed by atoms with van der Waals surface area (Å²) in [5.74, 6) is -0.0885. The first-order valence-corrected chi connectivity index (χ1v) is 6.35. The summed E-state index contributed by atoms with van der Waals surface area (Å²) in [6, 6.07) is 3.59. The van der Waals surface area contributed by atoms with Crippen LogP contribution < -0.4 is 11.1 Å². The number of nitrogens with two attached hydrogens (primary N) is 1. The molecule has 3 N–H and O–H groups in total. The second kappa shape index (κ2) is 5.58. The van der Waals surface area contributed by atoms with Crippen LogP contribution in [0.15, 0.2) is 15.9 Å². The number of halogens is 1. The van der Waals surface area contributed by atoms with Crippen LogP contribution in [-0.4, -0.2) is 16.9 Å². The van der Waals surface area contributed by atoms with Crippen molar-refractivity contribution in [1.29, 1.82) is 0 Å². The maximum atomic E-state index is 11.6. The minimum absolute atomic E-state index is 0.0316. The lowest BCUT2D eigenvalue weighted by Gasteiger charge is -2.11. The molecule has 0 saturated carbocycles. The largest absolute Gasteiger partial charge is 0.393 e. The fourth-order valence-corrected chi connectivity index (χ4v) is 2.62. The highest BCUT2D eigenvalue weighted by molar-refractivity contribution is 9.11. The Morgan fingerprint density at radius 3 is 2.87 bits per heavy atom. The summed E-state index contributed by atoms with van der Waals surface area (Å²) in [7, 11) is 0. The Hall–Kier alpha value is -0.460. The first-order chi connectivity index (χ1) is 6.99. The molecule has 0 fully saturated rings. The van der Waals surface area contributed by atoms with Crippen molar-refractivity contribution in [2.75, 3.05) is 0 Å². The van der Waals surface area contributed by atoms with Gasteiger partial charge in [0.2, 0.25) is 0 Å². The van der Waals surface area contributed by atoms with Crippen molar-refractivity contribution in [3.63, 3.8) is 0 Å². The topological polar surface area (TPSA) is 55.1 Å². The Balaban J connectivity index is 2.52. The highest BCUT2D eigenvalue weighted by atomic mass is 79.9. The molecule has 0 aliphatic rings. The number of carbonyl (C=O) groups is 1. The van der Waals surface area contributed by atoms with Crippen LogP contribution in [0, 0.1) is 0 Å². The van der Waals surface area contributed by atoms with Gasteiger partial charge in [-0.3, -0.25) is 4.79 Å². The number of hydrogen-bond acceptors (Lipinski definition) is 3. The maximum absolute atomic E-state index is 11.6. The summed E-state index contributed by atoms with van der Waals surface area (Å²) in [5, 5.41) is 2.82. The van der Waals surface area contributed by atoms with Crippen LogP contribution in [0.25, 0.3) is 0 Å². The van der Waals surface area contributed by atoms with E-state index in [0.29, 0.717) is 16.3 Å². The van der Waals surface area contributed by atoms with Crippen LogP contribution >= 0.6 is 39.5 Å². The van der Waals surface area contributed by atoms with Gasteiger partial charge in [0.1, 0.15) is 0 Å². The van der Waals surface area contributed by atoms with Crippen LogP contribution in [0.2, 0.25) is 0 Å². The van der Waals surface area contributed by atoms with E-state index in [-0.39, 0.29) is 11.9 Å². The number of thiocarbonyl (C=S) groups is 1. The number of rotatable bonds is 4. The van der Waals surface area contributed by atoms with Gasteiger partial charge in [-0.05, 0) is 35.0 Å². The molecular formula is C9H11BrN2OS2. The SMILES string of the molecule is CC(CC(N)=S)NC(=O)c1ccc(Br)s1. The Morgan fingerprint density at radius 2 is 2.40 bits per heavy atom. The van der Waals surface area contributed by atoms with Crippen molar-refractivity contribution in [3.8, 4) is 0 Å². The smallest absolute Gasteiger partial charge is 0.261 e. The van der Waals surface area contributed by atoms with Gasteiger partial charge < -0.3 is 11.1 Å².